The Balaban J connectivity index is 1.49. The van der Waals surface area contributed by atoms with Gasteiger partial charge in [0.15, 0.2) is 0 Å². The fourth-order valence-electron chi connectivity index (χ4n) is 3.45. The number of piperidine rings is 1. The fourth-order valence-corrected chi connectivity index (χ4v) is 3.45. The topological polar surface area (TPSA) is 50.2 Å². The van der Waals surface area contributed by atoms with Crippen LogP contribution >= 0.6 is 0 Å². The van der Waals surface area contributed by atoms with Crippen molar-refractivity contribution < 1.29 is 4.79 Å². The zero-order valence-corrected chi connectivity index (χ0v) is 16.1. The molecule has 1 saturated heterocycles. The highest BCUT2D eigenvalue weighted by atomic mass is 16.1. The third-order valence-electron chi connectivity index (χ3n) is 4.94. The molecule has 1 fully saturated rings. The van der Waals surface area contributed by atoms with Crippen molar-refractivity contribution in [2.45, 2.75) is 45.7 Å². The van der Waals surface area contributed by atoms with Gasteiger partial charge in [-0.1, -0.05) is 30.3 Å². The van der Waals surface area contributed by atoms with Gasteiger partial charge in [0.25, 0.3) is 5.91 Å². The Morgan fingerprint density at radius 1 is 1.27 bits per heavy atom. The van der Waals surface area contributed by atoms with Gasteiger partial charge in [-0.25, -0.2) is 0 Å². The van der Waals surface area contributed by atoms with Crippen LogP contribution in [0, 0.1) is 5.92 Å². The summed E-state index contributed by atoms with van der Waals surface area (Å²) in [6.07, 6.45) is 5.85. The van der Waals surface area contributed by atoms with Gasteiger partial charge in [0.05, 0.1) is 17.3 Å². The molecule has 0 unspecified atom stereocenters. The molecule has 1 amide bonds. The van der Waals surface area contributed by atoms with E-state index in [2.05, 4.69) is 66.4 Å². The first kappa shape index (κ1) is 18.6. The van der Waals surface area contributed by atoms with Crippen molar-refractivity contribution in [3.63, 3.8) is 0 Å². The van der Waals surface area contributed by atoms with Crippen LogP contribution < -0.4 is 5.32 Å². The molecule has 0 bridgehead atoms. The fraction of sp³-hybridized carbons (Fsp3) is 0.524. The number of hydrogen-bond acceptors (Lipinski definition) is 3. The maximum Gasteiger partial charge on any atom is 0.254 e. The molecule has 1 aliphatic rings. The van der Waals surface area contributed by atoms with Gasteiger partial charge in [-0.2, -0.15) is 5.10 Å². The molecule has 0 spiro atoms. The molecule has 140 valence electrons. The van der Waals surface area contributed by atoms with Gasteiger partial charge < -0.3 is 5.32 Å². The monoisotopic (exact) mass is 354 g/mol. The number of carbonyl (C=O) groups is 1. The van der Waals surface area contributed by atoms with E-state index in [4.69, 9.17) is 0 Å². The lowest BCUT2D eigenvalue weighted by Crippen LogP contribution is -2.40. The first-order valence-corrected chi connectivity index (χ1v) is 9.51. The lowest BCUT2D eigenvalue weighted by Gasteiger charge is -2.32. The van der Waals surface area contributed by atoms with E-state index in [1.807, 2.05) is 10.9 Å². The summed E-state index contributed by atoms with van der Waals surface area (Å²) in [5, 5.41) is 7.41. The summed E-state index contributed by atoms with van der Waals surface area (Å²) in [4.78, 5) is 14.9. The van der Waals surface area contributed by atoms with Crippen molar-refractivity contribution in [2.75, 3.05) is 19.6 Å². The number of carbonyl (C=O) groups excluding carboxylic acids is 1. The maximum absolute atomic E-state index is 12.4. The Hall–Kier alpha value is -2.14. The molecule has 0 saturated carbocycles. The molecule has 2 heterocycles. The quantitative estimate of drug-likeness (QED) is 0.896. The first-order valence-electron chi connectivity index (χ1n) is 9.51. The van der Waals surface area contributed by atoms with E-state index in [-0.39, 0.29) is 11.4 Å². The van der Waals surface area contributed by atoms with Crippen LogP contribution in [0.1, 0.15) is 49.5 Å². The number of likely N-dealkylation sites (tertiary alicyclic amines) is 1. The lowest BCUT2D eigenvalue weighted by atomic mass is 9.97. The summed E-state index contributed by atoms with van der Waals surface area (Å²) in [6, 6.07) is 10.6. The third kappa shape index (κ3) is 4.94. The highest BCUT2D eigenvalue weighted by molar-refractivity contribution is 5.93. The van der Waals surface area contributed by atoms with Crippen molar-refractivity contribution in [2.24, 2.45) is 5.92 Å². The van der Waals surface area contributed by atoms with Crippen LogP contribution in [-0.2, 0) is 12.1 Å². The van der Waals surface area contributed by atoms with Gasteiger partial charge in [-0.15, -0.1) is 0 Å². The SMILES string of the molecule is CC(C)(C)n1cc(C(=O)NC[C@H]2CCCN(Cc3ccccc3)C2)cn1. The first-order chi connectivity index (χ1) is 12.4. The second-order valence-electron chi connectivity index (χ2n) is 8.28. The Bertz CT molecular complexity index is 717. The number of nitrogens with zero attached hydrogens (tertiary/aromatic N) is 3. The largest absolute Gasteiger partial charge is 0.352 e. The normalized spacial score (nSPS) is 18.7. The average Bonchev–Trinajstić information content (AvgIpc) is 3.12. The van der Waals surface area contributed by atoms with Crippen LogP contribution in [0.4, 0.5) is 0 Å². The van der Waals surface area contributed by atoms with Gasteiger partial charge in [0.2, 0.25) is 0 Å². The number of benzene rings is 1. The summed E-state index contributed by atoms with van der Waals surface area (Å²) in [5.74, 6) is 0.481. The van der Waals surface area contributed by atoms with E-state index < -0.39 is 0 Å². The maximum atomic E-state index is 12.4. The second-order valence-corrected chi connectivity index (χ2v) is 8.28. The Kier molecular flexibility index (Phi) is 5.77. The highest BCUT2D eigenvalue weighted by Crippen LogP contribution is 2.18. The Morgan fingerprint density at radius 3 is 2.73 bits per heavy atom. The van der Waals surface area contributed by atoms with Gasteiger partial charge in [-0.3, -0.25) is 14.4 Å². The van der Waals surface area contributed by atoms with Crippen molar-refractivity contribution in [1.29, 1.82) is 0 Å². The van der Waals surface area contributed by atoms with Crippen molar-refractivity contribution in [3.8, 4) is 0 Å². The van der Waals surface area contributed by atoms with E-state index in [0.717, 1.165) is 26.2 Å². The number of aromatic nitrogens is 2. The van der Waals surface area contributed by atoms with Gasteiger partial charge in [0, 0.05) is 25.8 Å². The minimum absolute atomic E-state index is 0.0271. The van der Waals surface area contributed by atoms with Crippen molar-refractivity contribution in [3.05, 3.63) is 53.9 Å². The summed E-state index contributed by atoms with van der Waals surface area (Å²) in [6.45, 7) is 10.1. The smallest absolute Gasteiger partial charge is 0.254 e. The number of rotatable bonds is 5. The van der Waals surface area contributed by atoms with E-state index >= 15 is 0 Å². The number of nitrogens with one attached hydrogen (secondary N) is 1. The molecule has 26 heavy (non-hydrogen) atoms. The van der Waals surface area contributed by atoms with Crippen LogP contribution in [0.3, 0.4) is 0 Å². The number of hydrogen-bond donors (Lipinski definition) is 1. The van der Waals surface area contributed by atoms with Crippen LogP contribution in [0.2, 0.25) is 0 Å². The van der Waals surface area contributed by atoms with Crippen LogP contribution in [0.15, 0.2) is 42.7 Å². The lowest BCUT2D eigenvalue weighted by molar-refractivity contribution is 0.0930. The molecular weight excluding hydrogens is 324 g/mol. The van der Waals surface area contributed by atoms with Crippen molar-refractivity contribution in [1.82, 2.24) is 20.0 Å². The van der Waals surface area contributed by atoms with Gasteiger partial charge >= 0.3 is 0 Å². The van der Waals surface area contributed by atoms with E-state index in [9.17, 15) is 4.79 Å². The van der Waals surface area contributed by atoms with Gasteiger partial charge in [0.1, 0.15) is 0 Å². The average molecular weight is 354 g/mol. The van der Waals surface area contributed by atoms with Crippen LogP contribution in [0.25, 0.3) is 0 Å². The predicted molar refractivity (Wildman–Crippen MR) is 104 cm³/mol. The third-order valence-corrected chi connectivity index (χ3v) is 4.94. The van der Waals surface area contributed by atoms with E-state index in [1.165, 1.54) is 18.4 Å². The molecule has 1 atom stereocenters. The summed E-state index contributed by atoms with van der Waals surface area (Å²) < 4.78 is 1.84. The molecular formula is C21H30N4O. The molecule has 1 aromatic heterocycles. The predicted octanol–water partition coefficient (Wildman–Crippen LogP) is 3.28. The summed E-state index contributed by atoms with van der Waals surface area (Å²) in [7, 11) is 0. The molecule has 0 radical (unpaired) electrons. The van der Waals surface area contributed by atoms with E-state index in [1.54, 1.807) is 6.20 Å². The zero-order valence-electron chi connectivity index (χ0n) is 16.1. The van der Waals surface area contributed by atoms with Crippen LogP contribution in [-0.4, -0.2) is 40.2 Å². The van der Waals surface area contributed by atoms with Crippen molar-refractivity contribution >= 4 is 5.91 Å². The summed E-state index contributed by atoms with van der Waals surface area (Å²) >= 11 is 0. The minimum atomic E-state index is -0.111. The molecule has 1 N–H and O–H groups in total. The highest BCUT2D eigenvalue weighted by Gasteiger charge is 2.21. The molecule has 1 aromatic carbocycles. The second kappa shape index (κ2) is 8.04. The summed E-state index contributed by atoms with van der Waals surface area (Å²) in [5.41, 5.74) is 1.88. The van der Waals surface area contributed by atoms with Gasteiger partial charge in [-0.05, 0) is 51.6 Å². The number of amides is 1. The standard InChI is InChI=1S/C21H30N4O/c1-21(2,3)25-16-19(13-23-25)20(26)22-12-18-10-7-11-24(15-18)14-17-8-5-4-6-9-17/h4-6,8-9,13,16,18H,7,10-12,14-15H2,1-3H3,(H,22,26)/t18-/m1/s1. The zero-order chi connectivity index (χ0) is 18.6. The molecule has 5 heteroatoms. The molecule has 1 aliphatic heterocycles. The van der Waals surface area contributed by atoms with E-state index in [0.29, 0.717) is 11.5 Å². The Labute approximate surface area is 156 Å². The minimum Gasteiger partial charge on any atom is -0.352 e. The molecule has 2 aromatic rings. The Morgan fingerprint density at radius 2 is 2.04 bits per heavy atom. The molecule has 3 rings (SSSR count). The van der Waals surface area contributed by atoms with Crippen LogP contribution in [0.5, 0.6) is 0 Å². The molecule has 0 aliphatic carbocycles. The molecule has 5 nitrogen and oxygen atoms in total.